The van der Waals surface area contributed by atoms with E-state index in [0.29, 0.717) is 15.6 Å². The number of carbonyl (C=O) groups is 2. The van der Waals surface area contributed by atoms with Crippen LogP contribution in [-0.2, 0) is 22.2 Å². The molecule has 0 radical (unpaired) electrons. The van der Waals surface area contributed by atoms with Gasteiger partial charge < -0.3 is 10.2 Å². The summed E-state index contributed by atoms with van der Waals surface area (Å²) in [4.78, 5) is 26.0. The number of alkyl halides is 3. The van der Waals surface area contributed by atoms with Gasteiger partial charge in [0.05, 0.1) is 24.2 Å². The van der Waals surface area contributed by atoms with E-state index in [4.69, 9.17) is 23.2 Å². The van der Waals surface area contributed by atoms with Crippen LogP contribution in [0, 0.1) is 0 Å². The van der Waals surface area contributed by atoms with Crippen molar-refractivity contribution in [3.05, 3.63) is 63.6 Å². The molecule has 0 atom stereocenters. The van der Waals surface area contributed by atoms with E-state index in [0.717, 1.165) is 12.1 Å². The second-order valence-corrected chi connectivity index (χ2v) is 6.69. The summed E-state index contributed by atoms with van der Waals surface area (Å²) in [6, 6.07) is 9.46. The molecule has 9 heteroatoms. The maximum atomic E-state index is 13.0. The predicted molar refractivity (Wildman–Crippen MR) is 102 cm³/mol. The van der Waals surface area contributed by atoms with E-state index < -0.39 is 30.1 Å². The van der Waals surface area contributed by atoms with Crippen molar-refractivity contribution in [1.82, 2.24) is 4.90 Å². The number of amides is 2. The molecule has 0 bridgehead atoms. The van der Waals surface area contributed by atoms with Crippen molar-refractivity contribution in [1.29, 1.82) is 0 Å². The van der Waals surface area contributed by atoms with Crippen molar-refractivity contribution in [2.45, 2.75) is 19.5 Å². The Bertz CT molecular complexity index is 852. The lowest BCUT2D eigenvalue weighted by Gasteiger charge is -2.21. The number of para-hydroxylation sites is 1. The summed E-state index contributed by atoms with van der Waals surface area (Å²) in [5, 5.41) is 2.86. The summed E-state index contributed by atoms with van der Waals surface area (Å²) in [5.74, 6) is -1.16. The normalized spacial score (nSPS) is 11.2. The van der Waals surface area contributed by atoms with Crippen molar-refractivity contribution >= 4 is 40.7 Å². The third-order valence-electron chi connectivity index (χ3n) is 3.97. The molecule has 2 aromatic rings. The standard InChI is InChI=1S/C19H17Cl2F3N2O2/c1-2-26(18(28)10-12-14(20)7-5-8-15(12)21)11-17(27)25-16-9-4-3-6-13(16)19(22,23)24/h3-9H,2,10-11H2,1H3,(H,25,27). The highest BCUT2D eigenvalue weighted by Crippen LogP contribution is 2.34. The first-order valence-electron chi connectivity index (χ1n) is 8.30. The molecule has 150 valence electrons. The predicted octanol–water partition coefficient (Wildman–Crippen LogP) is 5.04. The number of benzene rings is 2. The van der Waals surface area contributed by atoms with Gasteiger partial charge in [-0.1, -0.05) is 41.4 Å². The molecule has 2 amide bonds. The lowest BCUT2D eigenvalue weighted by atomic mass is 10.1. The van der Waals surface area contributed by atoms with Gasteiger partial charge in [-0.2, -0.15) is 13.2 Å². The van der Waals surface area contributed by atoms with Crippen LogP contribution in [0.5, 0.6) is 0 Å². The molecule has 0 heterocycles. The second-order valence-electron chi connectivity index (χ2n) is 5.88. The second kappa shape index (κ2) is 9.30. The van der Waals surface area contributed by atoms with Crippen molar-refractivity contribution in [2.75, 3.05) is 18.4 Å². The molecule has 0 fully saturated rings. The van der Waals surface area contributed by atoms with Gasteiger partial charge >= 0.3 is 6.18 Å². The smallest absolute Gasteiger partial charge is 0.333 e. The minimum atomic E-state index is -4.61. The van der Waals surface area contributed by atoms with Crippen LogP contribution in [0.1, 0.15) is 18.1 Å². The zero-order chi connectivity index (χ0) is 20.9. The molecule has 0 saturated carbocycles. The Morgan fingerprint density at radius 2 is 1.64 bits per heavy atom. The summed E-state index contributed by atoms with van der Waals surface area (Å²) in [5.41, 5.74) is -0.893. The van der Waals surface area contributed by atoms with E-state index in [-0.39, 0.29) is 18.7 Å². The molecule has 0 aliphatic carbocycles. The van der Waals surface area contributed by atoms with Crippen LogP contribution < -0.4 is 5.32 Å². The molecule has 1 N–H and O–H groups in total. The van der Waals surface area contributed by atoms with Crippen molar-refractivity contribution in [2.24, 2.45) is 0 Å². The Morgan fingerprint density at radius 1 is 1.04 bits per heavy atom. The fourth-order valence-electron chi connectivity index (χ4n) is 2.54. The third-order valence-corrected chi connectivity index (χ3v) is 4.67. The van der Waals surface area contributed by atoms with Gasteiger partial charge in [0, 0.05) is 16.6 Å². The number of halogens is 5. The van der Waals surface area contributed by atoms with Crippen LogP contribution in [0.25, 0.3) is 0 Å². The first-order chi connectivity index (χ1) is 13.1. The van der Waals surface area contributed by atoms with Crippen LogP contribution >= 0.6 is 23.2 Å². The van der Waals surface area contributed by atoms with Crippen molar-refractivity contribution in [3.8, 4) is 0 Å². The van der Waals surface area contributed by atoms with Crippen LogP contribution in [0.4, 0.5) is 18.9 Å². The number of hydrogen-bond donors (Lipinski definition) is 1. The Kier molecular flexibility index (Phi) is 7.32. The number of carbonyl (C=O) groups excluding carboxylic acids is 2. The molecule has 0 aliphatic rings. The van der Waals surface area contributed by atoms with Crippen LogP contribution in [0.15, 0.2) is 42.5 Å². The zero-order valence-corrected chi connectivity index (χ0v) is 16.3. The van der Waals surface area contributed by atoms with Gasteiger partial charge in [-0.25, -0.2) is 0 Å². The fourth-order valence-corrected chi connectivity index (χ4v) is 3.07. The minimum Gasteiger partial charge on any atom is -0.333 e. The average molecular weight is 433 g/mol. The lowest BCUT2D eigenvalue weighted by molar-refractivity contribution is -0.137. The molecular weight excluding hydrogens is 416 g/mol. The van der Waals surface area contributed by atoms with Gasteiger partial charge in [0.2, 0.25) is 11.8 Å². The highest BCUT2D eigenvalue weighted by Gasteiger charge is 2.33. The molecule has 2 rings (SSSR count). The quantitative estimate of drug-likeness (QED) is 0.694. The van der Waals surface area contributed by atoms with Gasteiger partial charge in [0.25, 0.3) is 0 Å². The molecule has 0 unspecified atom stereocenters. The summed E-state index contributed by atoms with van der Waals surface area (Å²) in [6.07, 6.45) is -4.73. The molecule has 2 aromatic carbocycles. The van der Waals surface area contributed by atoms with Gasteiger partial charge in [0.1, 0.15) is 0 Å². The average Bonchev–Trinajstić information content (AvgIpc) is 2.62. The Balaban J connectivity index is 2.09. The van der Waals surface area contributed by atoms with Crippen LogP contribution in [0.2, 0.25) is 10.0 Å². The highest BCUT2D eigenvalue weighted by molar-refractivity contribution is 6.36. The molecule has 0 saturated heterocycles. The van der Waals surface area contributed by atoms with E-state index in [2.05, 4.69) is 5.32 Å². The first kappa shape index (κ1) is 22.0. The van der Waals surface area contributed by atoms with Gasteiger partial charge in [0.15, 0.2) is 0 Å². The van der Waals surface area contributed by atoms with Crippen LogP contribution in [0.3, 0.4) is 0 Å². The van der Waals surface area contributed by atoms with Crippen molar-refractivity contribution < 1.29 is 22.8 Å². The SMILES string of the molecule is CCN(CC(=O)Nc1ccccc1C(F)(F)F)C(=O)Cc1c(Cl)cccc1Cl. The number of anilines is 1. The van der Waals surface area contributed by atoms with Gasteiger partial charge in [-0.05, 0) is 36.8 Å². The molecule has 0 aromatic heterocycles. The minimum absolute atomic E-state index is 0.126. The van der Waals surface area contributed by atoms with Gasteiger partial charge in [-0.3, -0.25) is 9.59 Å². The number of nitrogens with one attached hydrogen (secondary N) is 1. The Morgan fingerprint density at radius 3 is 2.21 bits per heavy atom. The third kappa shape index (κ3) is 5.62. The fraction of sp³-hybridized carbons (Fsp3) is 0.263. The monoisotopic (exact) mass is 432 g/mol. The molecule has 28 heavy (non-hydrogen) atoms. The van der Waals surface area contributed by atoms with Gasteiger partial charge in [-0.15, -0.1) is 0 Å². The number of hydrogen-bond acceptors (Lipinski definition) is 2. The largest absolute Gasteiger partial charge is 0.418 e. The summed E-state index contributed by atoms with van der Waals surface area (Å²) >= 11 is 12.1. The van der Waals surface area contributed by atoms with E-state index in [9.17, 15) is 22.8 Å². The van der Waals surface area contributed by atoms with Crippen molar-refractivity contribution in [3.63, 3.8) is 0 Å². The number of nitrogens with zero attached hydrogens (tertiary/aromatic N) is 1. The van der Waals surface area contributed by atoms with E-state index in [1.807, 2.05) is 0 Å². The van der Waals surface area contributed by atoms with E-state index in [1.54, 1.807) is 25.1 Å². The van der Waals surface area contributed by atoms with E-state index >= 15 is 0 Å². The first-order valence-corrected chi connectivity index (χ1v) is 9.05. The van der Waals surface area contributed by atoms with Crippen LogP contribution in [-0.4, -0.2) is 29.8 Å². The topological polar surface area (TPSA) is 49.4 Å². The lowest BCUT2D eigenvalue weighted by Crippen LogP contribution is -2.39. The number of likely N-dealkylation sites (N-methyl/N-ethyl adjacent to an activating group) is 1. The number of rotatable bonds is 6. The Labute approximate surface area is 170 Å². The maximum absolute atomic E-state index is 13.0. The van der Waals surface area contributed by atoms with E-state index in [1.165, 1.54) is 17.0 Å². The maximum Gasteiger partial charge on any atom is 0.418 e. The summed E-state index contributed by atoms with van der Waals surface area (Å²) < 4.78 is 39.1. The molecular formula is C19H17Cl2F3N2O2. The molecule has 0 aliphatic heterocycles. The summed E-state index contributed by atoms with van der Waals surface area (Å²) in [6.45, 7) is 1.45. The molecule has 4 nitrogen and oxygen atoms in total. The molecule has 0 spiro atoms. The Hall–Kier alpha value is -2.25. The zero-order valence-electron chi connectivity index (χ0n) is 14.8. The summed E-state index contributed by atoms with van der Waals surface area (Å²) in [7, 11) is 0. The highest BCUT2D eigenvalue weighted by atomic mass is 35.5.